The van der Waals surface area contributed by atoms with Gasteiger partial charge in [-0.2, -0.15) is 0 Å². The average Bonchev–Trinajstić information content (AvgIpc) is 2.65. The number of nitrogens with one attached hydrogen (secondary N) is 2. The molecule has 1 fully saturated rings. The first-order valence-corrected chi connectivity index (χ1v) is 10.1. The lowest BCUT2D eigenvalue weighted by atomic mass is 10.1. The van der Waals surface area contributed by atoms with Crippen LogP contribution in [0.3, 0.4) is 0 Å². The lowest BCUT2D eigenvalue weighted by molar-refractivity contribution is -0.0679. The smallest absolute Gasteiger partial charge is 0.191 e. The van der Waals surface area contributed by atoms with Crippen molar-refractivity contribution in [1.82, 2.24) is 15.5 Å². The molecular weight excluding hydrogens is 340 g/mol. The third-order valence-corrected chi connectivity index (χ3v) is 4.61. The van der Waals surface area contributed by atoms with Gasteiger partial charge in [0.05, 0.1) is 19.3 Å². The fourth-order valence-electron chi connectivity index (χ4n) is 3.41. The lowest BCUT2D eigenvalue weighted by Gasteiger charge is -2.35. The van der Waals surface area contributed by atoms with Crippen molar-refractivity contribution in [3.8, 4) is 5.75 Å². The van der Waals surface area contributed by atoms with Crippen molar-refractivity contribution in [2.45, 2.75) is 45.8 Å². The van der Waals surface area contributed by atoms with E-state index >= 15 is 0 Å². The number of rotatable bonds is 9. The van der Waals surface area contributed by atoms with E-state index < -0.39 is 0 Å². The van der Waals surface area contributed by atoms with E-state index in [4.69, 9.17) is 14.5 Å². The Bertz CT molecular complexity index is 552. The molecule has 0 radical (unpaired) electrons. The highest BCUT2D eigenvalue weighted by atomic mass is 16.5. The maximum atomic E-state index is 5.79. The number of ether oxygens (including phenoxy) is 2. The second-order valence-corrected chi connectivity index (χ2v) is 7.16. The molecule has 2 rings (SSSR count). The molecule has 27 heavy (non-hydrogen) atoms. The molecule has 1 aliphatic heterocycles. The summed E-state index contributed by atoms with van der Waals surface area (Å²) in [6, 6.07) is 8.22. The number of benzene rings is 1. The Kier molecular flexibility index (Phi) is 9.42. The van der Waals surface area contributed by atoms with E-state index in [0.717, 1.165) is 63.8 Å². The van der Waals surface area contributed by atoms with Crippen LogP contribution in [-0.4, -0.2) is 69.4 Å². The summed E-state index contributed by atoms with van der Waals surface area (Å²) in [7, 11) is 1.69. The lowest BCUT2D eigenvalue weighted by Crippen LogP contribution is -2.45. The summed E-state index contributed by atoms with van der Waals surface area (Å²) in [6.45, 7) is 12.1. The maximum Gasteiger partial charge on any atom is 0.191 e. The Morgan fingerprint density at radius 3 is 2.52 bits per heavy atom. The van der Waals surface area contributed by atoms with E-state index in [-0.39, 0.29) is 0 Å². The minimum absolute atomic E-state index is 0.328. The van der Waals surface area contributed by atoms with Gasteiger partial charge in [-0.15, -0.1) is 0 Å². The van der Waals surface area contributed by atoms with Crippen molar-refractivity contribution in [1.29, 1.82) is 0 Å². The van der Waals surface area contributed by atoms with Gasteiger partial charge in [0.2, 0.25) is 0 Å². The quantitative estimate of drug-likeness (QED) is 0.393. The number of morpholine rings is 1. The first-order chi connectivity index (χ1) is 13.1. The second-order valence-electron chi connectivity index (χ2n) is 7.16. The first kappa shape index (κ1) is 21.5. The van der Waals surface area contributed by atoms with Crippen molar-refractivity contribution in [2.24, 2.45) is 4.99 Å². The Labute approximate surface area is 164 Å². The van der Waals surface area contributed by atoms with Gasteiger partial charge in [-0.05, 0) is 51.3 Å². The molecule has 0 bridgehead atoms. The van der Waals surface area contributed by atoms with E-state index in [1.807, 2.05) is 12.1 Å². The molecule has 6 nitrogen and oxygen atoms in total. The van der Waals surface area contributed by atoms with Gasteiger partial charge in [0.25, 0.3) is 0 Å². The molecule has 0 saturated carbocycles. The number of methoxy groups -OCH3 is 1. The van der Waals surface area contributed by atoms with Crippen molar-refractivity contribution in [3.05, 3.63) is 29.8 Å². The van der Waals surface area contributed by atoms with Crippen LogP contribution in [0.1, 0.15) is 32.8 Å². The standard InChI is InChI=1S/C21H36N4O2/c1-5-22-21(24-13-11-19-7-9-20(26-4)10-8-19)23-12-6-14-25-15-17(2)27-18(3)16-25/h7-10,17-18H,5-6,11-16H2,1-4H3,(H2,22,23,24). The van der Waals surface area contributed by atoms with E-state index in [1.165, 1.54) is 5.56 Å². The van der Waals surface area contributed by atoms with Crippen molar-refractivity contribution in [2.75, 3.05) is 46.4 Å². The number of hydrogen-bond donors (Lipinski definition) is 2. The Balaban J connectivity index is 1.69. The Morgan fingerprint density at radius 2 is 1.89 bits per heavy atom. The van der Waals surface area contributed by atoms with Crippen molar-refractivity contribution in [3.63, 3.8) is 0 Å². The number of nitrogens with zero attached hydrogens (tertiary/aromatic N) is 2. The topological polar surface area (TPSA) is 58.1 Å². The van der Waals surface area contributed by atoms with Crippen molar-refractivity contribution < 1.29 is 9.47 Å². The maximum absolute atomic E-state index is 5.79. The average molecular weight is 377 g/mol. The summed E-state index contributed by atoms with van der Waals surface area (Å²) in [4.78, 5) is 7.20. The molecule has 1 aromatic rings. The second kappa shape index (κ2) is 11.8. The fourth-order valence-corrected chi connectivity index (χ4v) is 3.41. The summed E-state index contributed by atoms with van der Waals surface area (Å²) in [5.41, 5.74) is 1.29. The normalized spacial score (nSPS) is 21.1. The van der Waals surface area contributed by atoms with Crippen LogP contribution < -0.4 is 15.4 Å². The molecule has 0 aromatic heterocycles. The highest BCUT2D eigenvalue weighted by Gasteiger charge is 2.21. The van der Waals surface area contributed by atoms with Gasteiger partial charge in [0.1, 0.15) is 5.75 Å². The molecule has 2 atom stereocenters. The molecule has 152 valence electrons. The van der Waals surface area contributed by atoms with Crippen LogP contribution in [0.25, 0.3) is 0 Å². The van der Waals surface area contributed by atoms with Gasteiger partial charge < -0.3 is 20.1 Å². The largest absolute Gasteiger partial charge is 0.497 e. The van der Waals surface area contributed by atoms with Crippen molar-refractivity contribution >= 4 is 5.96 Å². The Hall–Kier alpha value is -1.79. The molecule has 0 amide bonds. The molecule has 1 saturated heterocycles. The summed E-state index contributed by atoms with van der Waals surface area (Å²) in [6.07, 6.45) is 2.68. The molecule has 1 aromatic carbocycles. The van der Waals surface area contributed by atoms with Crippen LogP contribution in [0.5, 0.6) is 5.75 Å². The van der Waals surface area contributed by atoms with Crippen LogP contribution in [-0.2, 0) is 11.2 Å². The van der Waals surface area contributed by atoms with Gasteiger partial charge in [0.15, 0.2) is 5.96 Å². The fraction of sp³-hybridized carbons (Fsp3) is 0.667. The molecular formula is C21H36N4O2. The van der Waals surface area contributed by atoms with Crippen LogP contribution in [0, 0.1) is 0 Å². The summed E-state index contributed by atoms with van der Waals surface area (Å²) in [5, 5.41) is 6.75. The molecule has 2 unspecified atom stereocenters. The minimum Gasteiger partial charge on any atom is -0.497 e. The van der Waals surface area contributed by atoms with E-state index in [9.17, 15) is 0 Å². The van der Waals surface area contributed by atoms with E-state index in [1.54, 1.807) is 7.11 Å². The van der Waals surface area contributed by atoms with Gasteiger partial charge in [-0.25, -0.2) is 0 Å². The van der Waals surface area contributed by atoms with E-state index in [0.29, 0.717) is 12.2 Å². The molecule has 0 aliphatic carbocycles. The molecule has 2 N–H and O–H groups in total. The van der Waals surface area contributed by atoms with Gasteiger partial charge >= 0.3 is 0 Å². The SMILES string of the molecule is CCNC(=NCCCN1CC(C)OC(C)C1)NCCc1ccc(OC)cc1. The zero-order valence-corrected chi connectivity index (χ0v) is 17.3. The monoisotopic (exact) mass is 376 g/mol. The number of hydrogen-bond acceptors (Lipinski definition) is 4. The van der Waals surface area contributed by atoms with Gasteiger partial charge in [-0.3, -0.25) is 9.89 Å². The summed E-state index contributed by atoms with van der Waals surface area (Å²) in [5.74, 6) is 1.79. The minimum atomic E-state index is 0.328. The summed E-state index contributed by atoms with van der Waals surface area (Å²) < 4.78 is 11.0. The molecule has 6 heteroatoms. The molecule has 1 heterocycles. The van der Waals surface area contributed by atoms with Gasteiger partial charge in [-0.1, -0.05) is 12.1 Å². The third-order valence-electron chi connectivity index (χ3n) is 4.61. The summed E-state index contributed by atoms with van der Waals surface area (Å²) >= 11 is 0. The molecule has 1 aliphatic rings. The van der Waals surface area contributed by atoms with Crippen LogP contribution in [0.2, 0.25) is 0 Å². The van der Waals surface area contributed by atoms with Gasteiger partial charge in [0, 0.05) is 39.3 Å². The van der Waals surface area contributed by atoms with E-state index in [2.05, 4.69) is 48.4 Å². The predicted octanol–water partition coefficient (Wildman–Crippen LogP) is 2.29. The van der Waals surface area contributed by atoms with Crippen LogP contribution in [0.4, 0.5) is 0 Å². The predicted molar refractivity (Wildman–Crippen MR) is 112 cm³/mol. The zero-order chi connectivity index (χ0) is 19.5. The Morgan fingerprint density at radius 1 is 1.19 bits per heavy atom. The zero-order valence-electron chi connectivity index (χ0n) is 17.3. The highest BCUT2D eigenvalue weighted by molar-refractivity contribution is 5.79. The number of aliphatic imine (C=N–C) groups is 1. The number of guanidine groups is 1. The molecule has 0 spiro atoms. The third kappa shape index (κ3) is 8.18. The van der Waals surface area contributed by atoms with Crippen LogP contribution >= 0.6 is 0 Å². The highest BCUT2D eigenvalue weighted by Crippen LogP contribution is 2.12. The van der Waals surface area contributed by atoms with Crippen LogP contribution in [0.15, 0.2) is 29.3 Å². The first-order valence-electron chi connectivity index (χ1n) is 10.1.